The SMILES string of the molecule is [2H]N[C@@H](Cc1ccc(O)cc1)C(=O)N[C@@H](C)C(=O)NCC(=O)N[C@@H](Cc1ccccc1)C(=O)N[C@@H](CC(C)C)C(=O)N[C@@H](CCCN=C(N)N)C(=O)O. The maximum absolute atomic E-state index is 13.7. The minimum atomic E-state index is -1.27. The Bertz CT molecular complexity index is 1560. The molecule has 0 saturated carbocycles. The van der Waals surface area contributed by atoms with Gasteiger partial charge < -0.3 is 54.0 Å². The normalized spacial score (nSPS) is 14.0. The van der Waals surface area contributed by atoms with E-state index in [1.165, 1.54) is 19.1 Å². The number of aliphatic carboxylic acids is 1. The molecule has 0 heterocycles. The second-order valence-corrected chi connectivity index (χ2v) is 12.7. The topological polar surface area (TPSA) is 293 Å². The third kappa shape index (κ3) is 15.9. The van der Waals surface area contributed by atoms with E-state index >= 15 is 0 Å². The third-order valence-corrected chi connectivity index (χ3v) is 7.70. The summed E-state index contributed by atoms with van der Waals surface area (Å²) in [5, 5.41) is 31.8. The van der Waals surface area contributed by atoms with Crippen LogP contribution < -0.4 is 43.8 Å². The highest BCUT2D eigenvalue weighted by molar-refractivity contribution is 5.95. The lowest BCUT2D eigenvalue weighted by Gasteiger charge is -2.26. The molecule has 0 aliphatic carbocycles. The van der Waals surface area contributed by atoms with E-state index in [1.807, 2.05) is 13.8 Å². The summed E-state index contributed by atoms with van der Waals surface area (Å²) in [5.41, 5.74) is 14.1. The fourth-order valence-corrected chi connectivity index (χ4v) is 4.97. The number of nitrogens with zero attached hydrogens (tertiary/aromatic N) is 1. The van der Waals surface area contributed by atoms with Gasteiger partial charge >= 0.3 is 5.97 Å². The number of nitrogens with two attached hydrogens (primary N) is 3. The van der Waals surface area contributed by atoms with Crippen LogP contribution in [0.15, 0.2) is 59.6 Å². The van der Waals surface area contributed by atoms with Crippen molar-refractivity contribution in [2.45, 2.75) is 83.1 Å². The molecule has 5 amide bonds. The Morgan fingerprint density at radius 1 is 0.769 bits per heavy atom. The third-order valence-electron chi connectivity index (χ3n) is 7.70. The molecule has 0 aromatic heterocycles. The molecular formula is C35H51N9O8. The van der Waals surface area contributed by atoms with Gasteiger partial charge in [0.1, 0.15) is 31.3 Å². The number of hydrogen-bond acceptors (Lipinski definition) is 9. The first-order chi connectivity index (χ1) is 25.1. The number of nitrogens with one attached hydrogen (secondary N) is 5. The van der Waals surface area contributed by atoms with E-state index in [0.29, 0.717) is 11.1 Å². The lowest BCUT2D eigenvalue weighted by Crippen LogP contribution is -2.57. The Hall–Kier alpha value is -5.71. The van der Waals surface area contributed by atoms with Crippen LogP contribution in [-0.2, 0) is 41.6 Å². The molecule has 0 bridgehead atoms. The molecule has 0 saturated heterocycles. The zero-order valence-corrected chi connectivity index (χ0v) is 29.6. The fourth-order valence-electron chi connectivity index (χ4n) is 4.97. The van der Waals surface area contributed by atoms with Gasteiger partial charge in [-0.05, 0) is 61.8 Å². The maximum Gasteiger partial charge on any atom is 0.326 e. The number of hydrogen-bond donors (Lipinski definition) is 10. The van der Waals surface area contributed by atoms with Gasteiger partial charge in [-0.25, -0.2) is 4.79 Å². The van der Waals surface area contributed by atoms with Crippen molar-refractivity contribution in [2.75, 3.05) is 13.1 Å². The summed E-state index contributed by atoms with van der Waals surface area (Å²) in [6, 6.07) is 9.16. The van der Waals surface area contributed by atoms with Gasteiger partial charge in [0.25, 0.3) is 0 Å². The lowest BCUT2D eigenvalue weighted by molar-refractivity contribution is -0.142. The number of phenols is 1. The maximum atomic E-state index is 13.7. The van der Waals surface area contributed by atoms with Crippen LogP contribution in [0.4, 0.5) is 0 Å². The highest BCUT2D eigenvalue weighted by Crippen LogP contribution is 2.12. The summed E-state index contributed by atoms with van der Waals surface area (Å²) in [6.45, 7) is 4.66. The van der Waals surface area contributed by atoms with E-state index in [1.54, 1.807) is 42.5 Å². The van der Waals surface area contributed by atoms with E-state index in [9.17, 15) is 39.0 Å². The Morgan fingerprint density at radius 2 is 1.38 bits per heavy atom. The number of carboxylic acid groups (broad SMARTS) is 1. The highest BCUT2D eigenvalue weighted by atomic mass is 16.4. The van der Waals surface area contributed by atoms with Crippen LogP contribution in [0.25, 0.3) is 0 Å². The number of carbonyl (C=O) groups is 6. The number of aromatic hydroxyl groups is 1. The number of guanidine groups is 1. The molecule has 13 N–H and O–H groups in total. The first kappa shape index (κ1) is 40.7. The first-order valence-corrected chi connectivity index (χ1v) is 16.8. The van der Waals surface area contributed by atoms with Gasteiger partial charge in [0.05, 0.1) is 12.6 Å². The molecule has 0 fully saturated rings. The second kappa shape index (κ2) is 21.5. The van der Waals surface area contributed by atoms with Crippen molar-refractivity contribution >= 4 is 41.5 Å². The number of benzene rings is 2. The Morgan fingerprint density at radius 3 is 1.98 bits per heavy atom. The monoisotopic (exact) mass is 726 g/mol. The number of phenolic OH excluding ortho intramolecular Hbond substituents is 1. The quantitative estimate of drug-likeness (QED) is 0.0389. The Kier molecular flexibility index (Phi) is 16.8. The molecule has 0 spiro atoms. The molecule has 52 heavy (non-hydrogen) atoms. The molecule has 17 nitrogen and oxygen atoms in total. The van der Waals surface area contributed by atoms with Crippen LogP contribution in [0.5, 0.6) is 5.75 Å². The summed E-state index contributed by atoms with van der Waals surface area (Å²) in [6.07, 6.45) is 0.600. The van der Waals surface area contributed by atoms with E-state index in [-0.39, 0.29) is 56.3 Å². The molecular weight excluding hydrogens is 674 g/mol. The molecule has 2 aromatic carbocycles. The van der Waals surface area contributed by atoms with E-state index in [0.717, 1.165) is 0 Å². The Balaban J connectivity index is 2.08. The molecule has 5 atom stereocenters. The minimum absolute atomic E-state index is 0.0277. The molecule has 2 aromatic rings. The highest BCUT2D eigenvalue weighted by Gasteiger charge is 2.30. The van der Waals surface area contributed by atoms with Crippen molar-refractivity contribution in [3.63, 3.8) is 0 Å². The van der Waals surface area contributed by atoms with Crippen LogP contribution in [0.1, 0.15) is 51.2 Å². The number of rotatable bonds is 22. The molecule has 2 rings (SSSR count). The summed E-state index contributed by atoms with van der Waals surface area (Å²) in [5.74, 6) is -4.96. The average molecular weight is 727 g/mol. The van der Waals surface area contributed by atoms with Gasteiger partial charge in [0.15, 0.2) is 5.96 Å². The van der Waals surface area contributed by atoms with Crippen LogP contribution in [0.2, 0.25) is 1.41 Å². The van der Waals surface area contributed by atoms with Gasteiger partial charge in [0, 0.05) is 13.0 Å². The summed E-state index contributed by atoms with van der Waals surface area (Å²) in [4.78, 5) is 81.3. The molecule has 17 heteroatoms. The number of carboxylic acids is 1. The largest absolute Gasteiger partial charge is 0.508 e. The summed E-state index contributed by atoms with van der Waals surface area (Å²) in [7, 11) is 0. The van der Waals surface area contributed by atoms with E-state index in [2.05, 4.69) is 37.3 Å². The summed E-state index contributed by atoms with van der Waals surface area (Å²) >= 11 is 0. The second-order valence-electron chi connectivity index (χ2n) is 12.7. The first-order valence-electron chi connectivity index (χ1n) is 17.3. The van der Waals surface area contributed by atoms with Crippen LogP contribution in [0, 0.1) is 5.92 Å². The summed E-state index contributed by atoms with van der Waals surface area (Å²) < 4.78 is 7.54. The number of aliphatic imine (C=N–C) groups is 1. The molecule has 0 aliphatic rings. The Labute approximate surface area is 304 Å². The molecule has 284 valence electrons. The minimum Gasteiger partial charge on any atom is -0.508 e. The van der Waals surface area contributed by atoms with Crippen molar-refractivity contribution in [2.24, 2.45) is 28.1 Å². The van der Waals surface area contributed by atoms with Gasteiger partial charge in [-0.2, -0.15) is 0 Å². The van der Waals surface area contributed by atoms with Crippen molar-refractivity contribution in [1.82, 2.24) is 26.6 Å². The number of amides is 5. The average Bonchev–Trinajstić information content (AvgIpc) is 3.10. The molecule has 0 radical (unpaired) electrons. The van der Waals surface area contributed by atoms with Crippen molar-refractivity contribution < 1.29 is 40.4 Å². The van der Waals surface area contributed by atoms with Crippen LogP contribution in [0.3, 0.4) is 0 Å². The van der Waals surface area contributed by atoms with Gasteiger partial charge in [-0.3, -0.25) is 29.0 Å². The number of carbonyl (C=O) groups excluding carboxylic acids is 5. The molecule has 0 aliphatic heterocycles. The van der Waals surface area contributed by atoms with Crippen LogP contribution in [-0.4, -0.2) is 95.0 Å². The standard InChI is InChI=1S/C35H51N9O8/c1-20(2)16-27(32(49)43-26(34(51)52)10-7-15-39-35(37)38)44-33(50)28(18-22-8-5-4-6-9-22)42-29(46)19-40-30(47)21(3)41-31(48)25(36)17-23-11-13-24(45)14-12-23/h4-6,8-9,11-14,20-21,25-28,45H,7,10,15-19,36H2,1-3H3,(H,40,47)(H,41,48)(H,42,46)(H,43,49)(H,44,50)(H,51,52)(H4,37,38,39)/t21-,25-,26-,27-,28-/m0/s1/i/hD. The van der Waals surface area contributed by atoms with E-state index in [4.69, 9.17) is 12.9 Å². The van der Waals surface area contributed by atoms with Crippen LogP contribution >= 0.6 is 0 Å². The smallest absolute Gasteiger partial charge is 0.326 e. The van der Waals surface area contributed by atoms with Crippen molar-refractivity contribution in [3.05, 3.63) is 65.7 Å². The van der Waals surface area contributed by atoms with Gasteiger partial charge in [-0.1, -0.05) is 56.3 Å². The zero-order valence-electron chi connectivity index (χ0n) is 30.6. The fraction of sp³-hybridized carbons (Fsp3) is 0.457. The van der Waals surface area contributed by atoms with Gasteiger partial charge in [0.2, 0.25) is 29.5 Å². The van der Waals surface area contributed by atoms with Crippen molar-refractivity contribution in [3.8, 4) is 5.75 Å². The van der Waals surface area contributed by atoms with Gasteiger partial charge in [-0.15, -0.1) is 0 Å². The lowest BCUT2D eigenvalue weighted by atomic mass is 10.0. The zero-order chi connectivity index (χ0) is 39.5. The molecule has 0 unspecified atom stereocenters. The predicted octanol–water partition coefficient (Wildman–Crippen LogP) is -1.24. The van der Waals surface area contributed by atoms with E-state index < -0.39 is 72.3 Å². The van der Waals surface area contributed by atoms with Crippen molar-refractivity contribution in [1.29, 1.82) is 0 Å². The predicted molar refractivity (Wildman–Crippen MR) is 193 cm³/mol.